The molecule has 4 heteroatoms. The van der Waals surface area contributed by atoms with E-state index in [1.54, 1.807) is 6.92 Å². The highest BCUT2D eigenvalue weighted by Gasteiger charge is 2.28. The lowest BCUT2D eigenvalue weighted by Gasteiger charge is -2.12. The summed E-state index contributed by atoms with van der Waals surface area (Å²) in [5.41, 5.74) is 3.43. The van der Waals surface area contributed by atoms with E-state index in [0.29, 0.717) is 5.71 Å². The topological polar surface area (TPSA) is 56.5 Å². The zero-order valence-electron chi connectivity index (χ0n) is 9.53. The van der Waals surface area contributed by atoms with Gasteiger partial charge in [-0.3, -0.25) is 10.2 Å². The van der Waals surface area contributed by atoms with E-state index in [4.69, 9.17) is 5.41 Å². The van der Waals surface area contributed by atoms with Crippen LogP contribution in [0.1, 0.15) is 18.1 Å². The Bertz CT molecular complexity index is 517. The van der Waals surface area contributed by atoms with Gasteiger partial charge in [0.2, 0.25) is 0 Å². The summed E-state index contributed by atoms with van der Waals surface area (Å²) in [6.45, 7) is 5.67. The van der Waals surface area contributed by atoms with Gasteiger partial charge in [-0.05, 0) is 44.0 Å². The molecule has 0 atom stereocenters. The van der Waals surface area contributed by atoms with E-state index in [1.165, 1.54) is 10.6 Å². The first-order valence-electron chi connectivity index (χ1n) is 5.06. The summed E-state index contributed by atoms with van der Waals surface area (Å²) in [5.74, 6) is -0.360. The van der Waals surface area contributed by atoms with Crippen molar-refractivity contribution in [3.05, 3.63) is 29.3 Å². The quantitative estimate of drug-likeness (QED) is 0.765. The summed E-state index contributed by atoms with van der Waals surface area (Å²) < 4.78 is 0. The number of hydrazone groups is 1. The Labute approximate surface area is 94.1 Å². The highest BCUT2D eigenvalue weighted by atomic mass is 16.2. The summed E-state index contributed by atoms with van der Waals surface area (Å²) in [7, 11) is 0. The molecule has 2 rings (SSSR count). The molecule has 0 bridgehead atoms. The number of carbonyl (C=O) groups is 1. The number of hydrogen-bond acceptors (Lipinski definition) is 3. The fraction of sp³-hybridized carbons (Fsp3) is 0.250. The molecule has 1 aromatic rings. The Kier molecular flexibility index (Phi) is 2.34. The number of anilines is 1. The SMILES string of the molecule is CC1=NN(c2ccc(C)c(C)c2)C(=O)C1=N. The molecule has 0 aromatic heterocycles. The molecule has 0 saturated heterocycles. The first-order valence-corrected chi connectivity index (χ1v) is 5.06. The van der Waals surface area contributed by atoms with Crippen molar-refractivity contribution in [2.45, 2.75) is 20.8 Å². The van der Waals surface area contributed by atoms with Gasteiger partial charge in [0.1, 0.15) is 5.71 Å². The van der Waals surface area contributed by atoms with Gasteiger partial charge in [-0.2, -0.15) is 10.1 Å². The normalized spacial score (nSPS) is 15.7. The Balaban J connectivity index is 2.43. The first kappa shape index (κ1) is 10.5. The third kappa shape index (κ3) is 1.52. The van der Waals surface area contributed by atoms with Gasteiger partial charge in [0, 0.05) is 0 Å². The van der Waals surface area contributed by atoms with Crippen molar-refractivity contribution in [1.29, 1.82) is 5.41 Å². The third-order valence-corrected chi connectivity index (χ3v) is 2.75. The Morgan fingerprint density at radius 1 is 1.19 bits per heavy atom. The number of rotatable bonds is 1. The van der Waals surface area contributed by atoms with Crippen LogP contribution in [0.4, 0.5) is 5.69 Å². The van der Waals surface area contributed by atoms with Gasteiger partial charge in [-0.25, -0.2) is 0 Å². The predicted octanol–water partition coefficient (Wildman–Crippen LogP) is 2.05. The van der Waals surface area contributed by atoms with Gasteiger partial charge in [0.15, 0.2) is 0 Å². The number of benzene rings is 1. The number of amides is 1. The highest BCUT2D eigenvalue weighted by molar-refractivity contribution is 6.70. The highest BCUT2D eigenvalue weighted by Crippen LogP contribution is 2.22. The van der Waals surface area contributed by atoms with Gasteiger partial charge < -0.3 is 0 Å². The average molecular weight is 215 g/mol. The molecule has 0 aliphatic carbocycles. The molecular formula is C12H13N3O. The van der Waals surface area contributed by atoms with Gasteiger partial charge >= 0.3 is 0 Å². The standard InChI is InChI=1S/C12H13N3O/c1-7-4-5-10(6-8(7)2)15-12(16)11(13)9(3)14-15/h4-6,13H,1-3H3. The number of nitrogens with one attached hydrogen (secondary N) is 1. The lowest BCUT2D eigenvalue weighted by atomic mass is 10.1. The molecule has 1 heterocycles. The van der Waals surface area contributed by atoms with Crippen molar-refractivity contribution in [3.8, 4) is 0 Å². The molecule has 82 valence electrons. The predicted molar refractivity (Wildman–Crippen MR) is 64.2 cm³/mol. The lowest BCUT2D eigenvalue weighted by Crippen LogP contribution is -2.26. The minimum atomic E-state index is -0.360. The molecule has 1 aliphatic rings. The molecule has 1 amide bonds. The summed E-state index contributed by atoms with van der Waals surface area (Å²) >= 11 is 0. The smallest absolute Gasteiger partial charge is 0.294 e. The van der Waals surface area contributed by atoms with Crippen LogP contribution < -0.4 is 5.01 Å². The van der Waals surface area contributed by atoms with Crippen molar-refractivity contribution in [3.63, 3.8) is 0 Å². The molecule has 0 radical (unpaired) electrons. The van der Waals surface area contributed by atoms with Crippen molar-refractivity contribution >= 4 is 23.0 Å². The van der Waals surface area contributed by atoms with E-state index in [9.17, 15) is 4.79 Å². The largest absolute Gasteiger partial charge is 0.298 e. The Morgan fingerprint density at radius 2 is 1.88 bits per heavy atom. The van der Waals surface area contributed by atoms with Crippen molar-refractivity contribution < 1.29 is 4.79 Å². The third-order valence-electron chi connectivity index (χ3n) is 2.75. The second-order valence-corrected chi connectivity index (χ2v) is 3.95. The summed E-state index contributed by atoms with van der Waals surface area (Å²) in [4.78, 5) is 11.7. The van der Waals surface area contributed by atoms with Gasteiger partial charge in [0.05, 0.1) is 11.4 Å². The first-order chi connectivity index (χ1) is 7.50. The van der Waals surface area contributed by atoms with Gasteiger partial charge in [0.25, 0.3) is 5.91 Å². The Morgan fingerprint density at radius 3 is 2.38 bits per heavy atom. The van der Waals surface area contributed by atoms with E-state index in [0.717, 1.165) is 11.3 Å². The monoisotopic (exact) mass is 215 g/mol. The summed E-state index contributed by atoms with van der Waals surface area (Å²) in [6, 6.07) is 5.70. The maximum atomic E-state index is 11.7. The average Bonchev–Trinajstić information content (AvgIpc) is 2.50. The molecule has 1 aromatic carbocycles. The minimum Gasteiger partial charge on any atom is -0.294 e. The van der Waals surface area contributed by atoms with Crippen molar-refractivity contribution in [2.75, 3.05) is 5.01 Å². The van der Waals surface area contributed by atoms with Crippen LogP contribution >= 0.6 is 0 Å². The fourth-order valence-electron chi connectivity index (χ4n) is 1.54. The molecule has 0 saturated carbocycles. The van der Waals surface area contributed by atoms with Gasteiger partial charge in [-0.15, -0.1) is 0 Å². The van der Waals surface area contributed by atoms with Crippen molar-refractivity contribution in [2.24, 2.45) is 5.10 Å². The molecule has 1 N–H and O–H groups in total. The zero-order valence-corrected chi connectivity index (χ0v) is 9.53. The maximum Gasteiger partial charge on any atom is 0.298 e. The number of aryl methyl sites for hydroxylation is 2. The summed E-state index contributed by atoms with van der Waals surface area (Å²) in [5, 5.41) is 12.9. The molecule has 1 aliphatic heterocycles. The van der Waals surface area contributed by atoms with E-state index >= 15 is 0 Å². The molecule has 0 spiro atoms. The van der Waals surface area contributed by atoms with Crippen LogP contribution in [0.3, 0.4) is 0 Å². The number of hydrogen-bond donors (Lipinski definition) is 1. The molecule has 0 unspecified atom stereocenters. The molecule has 0 fully saturated rings. The van der Waals surface area contributed by atoms with Crippen LogP contribution in [0.2, 0.25) is 0 Å². The van der Waals surface area contributed by atoms with Crippen LogP contribution in [0.25, 0.3) is 0 Å². The number of carbonyl (C=O) groups excluding carboxylic acids is 1. The summed E-state index contributed by atoms with van der Waals surface area (Å²) in [6.07, 6.45) is 0. The molecular weight excluding hydrogens is 202 g/mol. The number of nitrogens with zero attached hydrogens (tertiary/aromatic N) is 2. The van der Waals surface area contributed by atoms with Crippen LogP contribution in [-0.4, -0.2) is 17.3 Å². The van der Waals surface area contributed by atoms with Gasteiger partial charge in [-0.1, -0.05) is 6.07 Å². The Hall–Kier alpha value is -1.97. The lowest BCUT2D eigenvalue weighted by molar-refractivity contribution is -0.112. The second-order valence-electron chi connectivity index (χ2n) is 3.95. The minimum absolute atomic E-state index is 0.0294. The molecule has 16 heavy (non-hydrogen) atoms. The zero-order chi connectivity index (χ0) is 11.9. The van der Waals surface area contributed by atoms with E-state index in [-0.39, 0.29) is 11.6 Å². The second kappa shape index (κ2) is 3.56. The van der Waals surface area contributed by atoms with Crippen LogP contribution in [0.15, 0.2) is 23.3 Å². The van der Waals surface area contributed by atoms with E-state index < -0.39 is 0 Å². The van der Waals surface area contributed by atoms with Crippen LogP contribution in [0.5, 0.6) is 0 Å². The van der Waals surface area contributed by atoms with Crippen molar-refractivity contribution in [1.82, 2.24) is 0 Å². The van der Waals surface area contributed by atoms with Crippen LogP contribution in [0, 0.1) is 19.3 Å². The molecule has 4 nitrogen and oxygen atoms in total. The van der Waals surface area contributed by atoms with E-state index in [2.05, 4.69) is 5.10 Å². The van der Waals surface area contributed by atoms with E-state index in [1.807, 2.05) is 32.0 Å². The van der Waals surface area contributed by atoms with Crippen LogP contribution in [-0.2, 0) is 4.79 Å². The maximum absolute atomic E-state index is 11.7. The fourth-order valence-corrected chi connectivity index (χ4v) is 1.54.